The van der Waals surface area contributed by atoms with E-state index in [1.165, 1.54) is 0 Å². The first-order valence-corrected chi connectivity index (χ1v) is 29.1. The SMILES string of the molecule is O=C1c2ccccc2C(c2ccc(OCC(O)CN/N=C/c3ccc(N(c4ccccc4)c4ccccc4)cc3)cc2)(c2ccc(OCC(O)CN(/N=C/c3ccc(N(c4ccccc4)c4ccccc4)cc3)c3ccccc3)cc2)c2ccccc21. The van der Waals surface area contributed by atoms with E-state index in [0.29, 0.717) is 22.6 Å². The van der Waals surface area contributed by atoms with Gasteiger partial charge in [0, 0.05) is 45.3 Å². The van der Waals surface area contributed by atoms with Crippen LogP contribution in [0.2, 0.25) is 0 Å². The van der Waals surface area contributed by atoms with E-state index in [2.05, 4.69) is 93.1 Å². The highest BCUT2D eigenvalue weighted by Crippen LogP contribution is 2.51. The molecule has 0 saturated heterocycles. The van der Waals surface area contributed by atoms with Crippen molar-refractivity contribution in [2.24, 2.45) is 10.2 Å². The zero-order valence-electron chi connectivity index (χ0n) is 47.8. The van der Waals surface area contributed by atoms with E-state index in [1.807, 2.05) is 224 Å². The van der Waals surface area contributed by atoms with Crippen molar-refractivity contribution in [1.29, 1.82) is 0 Å². The standard InChI is InChI=1S/C76H64N6O5/c83-67(52-78-77-50-56-34-42-65(43-35-56)81(61-22-8-2-9-23-61)62-24-10-3-11-25-62)54-86-69-46-38-58(39-47-69)76(73-32-18-16-30-71(73)75(85)72-31-17-19-33-74(72)76)59-40-48-70(49-41-59)87-55-68(84)53-80(60-20-6-1-7-21-60)79-51-57-36-44-66(45-37-57)82(63-26-12-4-13-27-63)64-28-14-5-15-29-64/h1-51,67-68,78,83-84H,52-55H2/b77-50+,79-51+. The van der Waals surface area contributed by atoms with Crippen LogP contribution in [-0.2, 0) is 5.41 Å². The molecule has 11 heteroatoms. The Bertz CT molecular complexity index is 3940. The lowest BCUT2D eigenvalue weighted by atomic mass is 9.59. The van der Waals surface area contributed by atoms with E-state index in [1.54, 1.807) is 17.4 Å². The largest absolute Gasteiger partial charge is 0.491 e. The van der Waals surface area contributed by atoms with Gasteiger partial charge in [-0.25, -0.2) is 0 Å². The van der Waals surface area contributed by atoms with Crippen molar-refractivity contribution in [2.75, 3.05) is 41.1 Å². The number of carbonyl (C=O) groups excluding carboxylic acids is 1. The number of nitrogens with one attached hydrogen (secondary N) is 1. The summed E-state index contributed by atoms with van der Waals surface area (Å²) in [6.07, 6.45) is 1.77. The minimum atomic E-state index is -0.916. The number of anilines is 7. The second-order valence-corrected chi connectivity index (χ2v) is 21.1. The number of hydrazone groups is 2. The molecule has 0 radical (unpaired) electrons. The molecular formula is C76H64N6O5. The van der Waals surface area contributed by atoms with Gasteiger partial charge in [0.1, 0.15) is 36.9 Å². The molecule has 11 nitrogen and oxygen atoms in total. The van der Waals surface area contributed by atoms with Gasteiger partial charge in [0.05, 0.1) is 36.6 Å². The highest BCUT2D eigenvalue weighted by molar-refractivity contribution is 6.14. The van der Waals surface area contributed by atoms with E-state index in [4.69, 9.17) is 14.6 Å². The molecule has 1 aliphatic rings. The molecule has 0 saturated carbocycles. The van der Waals surface area contributed by atoms with E-state index in [-0.39, 0.29) is 32.1 Å². The summed E-state index contributed by atoms with van der Waals surface area (Å²) in [6.45, 7) is 0.381. The third kappa shape index (κ3) is 12.8. The Hall–Kier alpha value is -10.9. The number of aliphatic hydroxyl groups is 2. The molecule has 0 aliphatic heterocycles. The molecule has 2 atom stereocenters. The van der Waals surface area contributed by atoms with Gasteiger partial charge in [0.15, 0.2) is 5.78 Å². The number of hydrogen-bond donors (Lipinski definition) is 3. The fourth-order valence-electron chi connectivity index (χ4n) is 11.2. The van der Waals surface area contributed by atoms with Crippen molar-refractivity contribution in [3.8, 4) is 11.5 Å². The van der Waals surface area contributed by atoms with Crippen LogP contribution in [0.1, 0.15) is 49.3 Å². The van der Waals surface area contributed by atoms with Gasteiger partial charge in [-0.2, -0.15) is 10.2 Å². The average Bonchev–Trinajstić information content (AvgIpc) is 0.822. The number of benzene rings is 11. The van der Waals surface area contributed by atoms with Gasteiger partial charge in [-0.3, -0.25) is 9.80 Å². The van der Waals surface area contributed by atoms with Gasteiger partial charge >= 0.3 is 0 Å². The van der Waals surface area contributed by atoms with Crippen molar-refractivity contribution in [3.05, 3.63) is 342 Å². The average molecular weight is 1140 g/mol. The summed E-state index contributed by atoms with van der Waals surface area (Å²) >= 11 is 0. The van der Waals surface area contributed by atoms with Crippen LogP contribution in [-0.4, -0.2) is 66.9 Å². The van der Waals surface area contributed by atoms with E-state index in [0.717, 1.165) is 73.2 Å². The fraction of sp³-hybridized carbons (Fsp3) is 0.0921. The van der Waals surface area contributed by atoms with Gasteiger partial charge in [-0.1, -0.05) is 188 Å². The lowest BCUT2D eigenvalue weighted by Crippen LogP contribution is -2.38. The second-order valence-electron chi connectivity index (χ2n) is 21.1. The summed E-state index contributed by atoms with van der Waals surface area (Å²) < 4.78 is 12.5. The normalized spacial score (nSPS) is 13.1. The van der Waals surface area contributed by atoms with Gasteiger partial charge < -0.3 is 34.9 Å². The van der Waals surface area contributed by atoms with Crippen molar-refractivity contribution in [1.82, 2.24) is 5.43 Å². The predicted molar refractivity (Wildman–Crippen MR) is 350 cm³/mol. The fourth-order valence-corrected chi connectivity index (χ4v) is 11.2. The van der Waals surface area contributed by atoms with Crippen LogP contribution in [0.15, 0.2) is 307 Å². The minimum Gasteiger partial charge on any atom is -0.491 e. The number of fused-ring (bicyclic) bond motifs is 2. The summed E-state index contributed by atoms with van der Waals surface area (Å²) in [6, 6.07) is 98.6. The zero-order valence-corrected chi connectivity index (χ0v) is 47.8. The number of para-hydroxylation sites is 5. The number of hydrogen-bond acceptors (Lipinski definition) is 11. The molecule has 0 amide bonds. The molecule has 12 rings (SSSR count). The monoisotopic (exact) mass is 1140 g/mol. The number of ether oxygens (including phenoxy) is 2. The smallest absolute Gasteiger partial charge is 0.193 e. The molecule has 11 aromatic carbocycles. The quantitative estimate of drug-likeness (QED) is 0.0424. The molecule has 0 heterocycles. The Balaban J connectivity index is 0.712. The van der Waals surface area contributed by atoms with Crippen LogP contribution in [0.5, 0.6) is 11.5 Å². The maximum atomic E-state index is 14.2. The first-order chi connectivity index (χ1) is 42.9. The molecular weight excluding hydrogens is 1080 g/mol. The lowest BCUT2D eigenvalue weighted by Gasteiger charge is -2.41. The molecule has 428 valence electrons. The molecule has 3 N–H and O–H groups in total. The molecule has 2 unspecified atom stereocenters. The molecule has 0 fully saturated rings. The van der Waals surface area contributed by atoms with Crippen LogP contribution in [0, 0.1) is 0 Å². The maximum Gasteiger partial charge on any atom is 0.193 e. The second kappa shape index (κ2) is 26.8. The molecule has 11 aromatic rings. The molecule has 0 bridgehead atoms. The highest BCUT2D eigenvalue weighted by atomic mass is 16.5. The summed E-state index contributed by atoms with van der Waals surface area (Å²) in [7, 11) is 0. The van der Waals surface area contributed by atoms with Crippen LogP contribution in [0.3, 0.4) is 0 Å². The maximum absolute atomic E-state index is 14.2. The first kappa shape index (κ1) is 56.6. The number of aliphatic hydroxyl groups excluding tert-OH is 2. The topological polar surface area (TPSA) is 122 Å². The molecule has 0 aromatic heterocycles. The molecule has 1 aliphatic carbocycles. The third-order valence-corrected chi connectivity index (χ3v) is 15.4. The van der Waals surface area contributed by atoms with Crippen LogP contribution >= 0.6 is 0 Å². The van der Waals surface area contributed by atoms with Gasteiger partial charge in [-0.15, -0.1) is 0 Å². The van der Waals surface area contributed by atoms with Crippen molar-refractivity contribution < 1.29 is 24.5 Å². The van der Waals surface area contributed by atoms with Crippen molar-refractivity contribution in [3.63, 3.8) is 0 Å². The summed E-state index contributed by atoms with van der Waals surface area (Å²) in [5, 5.41) is 33.6. The van der Waals surface area contributed by atoms with Crippen LogP contribution in [0.4, 0.5) is 39.8 Å². The number of nitrogens with zero attached hydrogens (tertiary/aromatic N) is 5. The number of ketones is 1. The number of carbonyl (C=O) groups is 1. The van der Waals surface area contributed by atoms with Crippen molar-refractivity contribution in [2.45, 2.75) is 17.6 Å². The van der Waals surface area contributed by atoms with E-state index in [9.17, 15) is 15.0 Å². The Morgan fingerprint density at radius 2 is 0.759 bits per heavy atom. The van der Waals surface area contributed by atoms with Gasteiger partial charge in [0.25, 0.3) is 0 Å². The highest BCUT2D eigenvalue weighted by Gasteiger charge is 2.46. The van der Waals surface area contributed by atoms with E-state index < -0.39 is 17.6 Å². The van der Waals surface area contributed by atoms with Crippen molar-refractivity contribution >= 4 is 58.0 Å². The summed E-state index contributed by atoms with van der Waals surface area (Å²) in [5.41, 5.74) is 15.7. The Kier molecular flexibility index (Phi) is 17.4. The summed E-state index contributed by atoms with van der Waals surface area (Å²) in [5.74, 6) is 1.11. The minimum absolute atomic E-state index is 0.00566. The van der Waals surface area contributed by atoms with Gasteiger partial charge in [-0.05, 0) is 143 Å². The zero-order chi connectivity index (χ0) is 59.2. The number of rotatable bonds is 23. The van der Waals surface area contributed by atoms with Crippen LogP contribution < -0.4 is 29.7 Å². The molecule has 0 spiro atoms. The Morgan fingerprint density at radius 3 is 1.18 bits per heavy atom. The van der Waals surface area contributed by atoms with Crippen LogP contribution in [0.25, 0.3) is 0 Å². The Morgan fingerprint density at radius 1 is 0.402 bits per heavy atom. The molecule has 87 heavy (non-hydrogen) atoms. The van der Waals surface area contributed by atoms with E-state index >= 15 is 0 Å². The predicted octanol–water partition coefficient (Wildman–Crippen LogP) is 15.2. The first-order valence-electron chi connectivity index (χ1n) is 29.1. The third-order valence-electron chi connectivity index (χ3n) is 15.4. The van der Waals surface area contributed by atoms with Gasteiger partial charge in [0.2, 0.25) is 0 Å². The lowest BCUT2D eigenvalue weighted by molar-refractivity contribution is 0.103. The Labute approximate surface area is 507 Å². The summed E-state index contributed by atoms with van der Waals surface area (Å²) in [4.78, 5) is 18.7.